The Labute approximate surface area is 96.2 Å². The minimum atomic E-state index is -0.347. The molecule has 2 atom stereocenters. The number of rotatable bonds is 2. The molecule has 1 saturated heterocycles. The van der Waals surface area contributed by atoms with Crippen LogP contribution in [0, 0.1) is 0 Å². The molecule has 0 spiro atoms. The Bertz CT molecular complexity index is 190. The Morgan fingerprint density at radius 3 is 2.86 bits per heavy atom. The molecule has 0 bridgehead atoms. The Morgan fingerprint density at radius 2 is 2.36 bits per heavy atom. The molecule has 3 nitrogen and oxygen atoms in total. The van der Waals surface area contributed by atoms with Gasteiger partial charge in [-0.05, 0) is 13.3 Å². The van der Waals surface area contributed by atoms with E-state index in [-0.39, 0.29) is 24.4 Å². The monoisotopic (exact) mass is 238 g/mol. The van der Waals surface area contributed by atoms with Crippen LogP contribution >= 0.6 is 24.2 Å². The maximum atomic E-state index is 11.6. The summed E-state index contributed by atoms with van der Waals surface area (Å²) >= 11 is 1.96. The van der Waals surface area contributed by atoms with Crippen LogP contribution in [0.4, 0.5) is 0 Å². The van der Waals surface area contributed by atoms with Crippen LogP contribution in [0.1, 0.15) is 20.3 Å². The van der Waals surface area contributed by atoms with Crippen LogP contribution in [0.5, 0.6) is 0 Å². The molecule has 1 rings (SSSR count). The van der Waals surface area contributed by atoms with E-state index < -0.39 is 0 Å². The van der Waals surface area contributed by atoms with Crippen molar-refractivity contribution in [2.24, 2.45) is 5.73 Å². The number of thioether (sulfide) groups is 1. The Balaban J connectivity index is 0.00000169. The number of carbonyl (C=O) groups excluding carboxylic acids is 1. The van der Waals surface area contributed by atoms with Crippen LogP contribution < -0.4 is 5.73 Å². The first-order valence-electron chi connectivity index (χ1n) is 4.81. The molecule has 0 saturated carbocycles. The molecule has 1 amide bonds. The van der Waals surface area contributed by atoms with E-state index in [4.69, 9.17) is 5.73 Å². The van der Waals surface area contributed by atoms with Gasteiger partial charge in [-0.1, -0.05) is 6.92 Å². The second kappa shape index (κ2) is 6.53. The summed E-state index contributed by atoms with van der Waals surface area (Å²) in [6.07, 6.45) is 1.13. The van der Waals surface area contributed by atoms with Crippen LogP contribution in [0.3, 0.4) is 0 Å². The number of hydrogen-bond acceptors (Lipinski definition) is 3. The standard InChI is InChI=1S/C9H18N2OS.ClH/c1-3-8-6-11(4-5-13-8)9(12)7(2)10;/h7-8H,3-6,10H2,1-2H3;1H/t7-,8?;/m0./s1. The van der Waals surface area contributed by atoms with Crippen molar-refractivity contribution >= 4 is 30.1 Å². The molecule has 2 N–H and O–H groups in total. The number of nitrogens with two attached hydrogens (primary N) is 1. The Hall–Kier alpha value is 0.0700. The topological polar surface area (TPSA) is 46.3 Å². The van der Waals surface area contributed by atoms with Crippen LogP contribution in [0.25, 0.3) is 0 Å². The highest BCUT2D eigenvalue weighted by Crippen LogP contribution is 2.21. The summed E-state index contributed by atoms with van der Waals surface area (Å²) in [6, 6.07) is -0.347. The lowest BCUT2D eigenvalue weighted by Gasteiger charge is -2.32. The average Bonchev–Trinajstić information content (AvgIpc) is 2.16. The molecule has 84 valence electrons. The van der Waals surface area contributed by atoms with Crippen LogP contribution in [0.2, 0.25) is 0 Å². The number of amides is 1. The van der Waals surface area contributed by atoms with E-state index in [9.17, 15) is 4.79 Å². The van der Waals surface area contributed by atoms with E-state index in [1.54, 1.807) is 6.92 Å². The second-order valence-corrected chi connectivity index (χ2v) is 4.88. The zero-order valence-corrected chi connectivity index (χ0v) is 10.4. The molecule has 14 heavy (non-hydrogen) atoms. The molecular formula is C9H19ClN2OS. The molecular weight excluding hydrogens is 220 g/mol. The largest absolute Gasteiger partial charge is 0.339 e. The van der Waals surface area contributed by atoms with Gasteiger partial charge in [-0.25, -0.2) is 0 Å². The lowest BCUT2D eigenvalue weighted by Crippen LogP contribution is -2.48. The first kappa shape index (κ1) is 14.1. The summed E-state index contributed by atoms with van der Waals surface area (Å²) in [4.78, 5) is 13.4. The molecule has 1 fully saturated rings. The van der Waals surface area contributed by atoms with Crippen molar-refractivity contribution in [1.29, 1.82) is 0 Å². The highest BCUT2D eigenvalue weighted by atomic mass is 35.5. The number of carbonyl (C=O) groups is 1. The lowest BCUT2D eigenvalue weighted by molar-refractivity contribution is -0.132. The quantitative estimate of drug-likeness (QED) is 0.784. The molecule has 0 aromatic rings. The first-order valence-corrected chi connectivity index (χ1v) is 5.86. The fourth-order valence-electron chi connectivity index (χ4n) is 1.45. The molecule has 0 aromatic heterocycles. The summed E-state index contributed by atoms with van der Waals surface area (Å²) < 4.78 is 0. The van der Waals surface area contributed by atoms with E-state index in [0.717, 1.165) is 25.3 Å². The maximum Gasteiger partial charge on any atom is 0.239 e. The molecule has 1 aliphatic rings. The van der Waals surface area contributed by atoms with Crippen molar-refractivity contribution in [1.82, 2.24) is 4.90 Å². The van der Waals surface area contributed by atoms with Crippen LogP contribution in [-0.4, -0.2) is 40.9 Å². The third-order valence-corrected chi connectivity index (χ3v) is 3.67. The van der Waals surface area contributed by atoms with Gasteiger partial charge in [0.1, 0.15) is 0 Å². The lowest BCUT2D eigenvalue weighted by atomic mass is 10.2. The van der Waals surface area contributed by atoms with Gasteiger partial charge >= 0.3 is 0 Å². The summed E-state index contributed by atoms with van der Waals surface area (Å²) in [5.41, 5.74) is 5.56. The normalized spacial score (nSPS) is 23.9. The zero-order chi connectivity index (χ0) is 9.84. The summed E-state index contributed by atoms with van der Waals surface area (Å²) in [7, 11) is 0. The molecule has 0 aromatic carbocycles. The van der Waals surface area contributed by atoms with Gasteiger partial charge in [0.2, 0.25) is 5.91 Å². The van der Waals surface area contributed by atoms with Crippen molar-refractivity contribution < 1.29 is 4.79 Å². The summed E-state index contributed by atoms with van der Waals surface area (Å²) in [5.74, 6) is 1.15. The number of nitrogens with zero attached hydrogens (tertiary/aromatic N) is 1. The van der Waals surface area contributed by atoms with E-state index >= 15 is 0 Å². The number of halogens is 1. The minimum absolute atomic E-state index is 0. The molecule has 0 radical (unpaired) electrons. The highest BCUT2D eigenvalue weighted by molar-refractivity contribution is 8.00. The van der Waals surface area contributed by atoms with Crippen molar-refractivity contribution in [2.45, 2.75) is 31.6 Å². The minimum Gasteiger partial charge on any atom is -0.339 e. The maximum absolute atomic E-state index is 11.6. The zero-order valence-electron chi connectivity index (χ0n) is 8.73. The Kier molecular flexibility index (Phi) is 6.57. The van der Waals surface area contributed by atoms with Gasteiger partial charge in [0.05, 0.1) is 6.04 Å². The van der Waals surface area contributed by atoms with Crippen LogP contribution in [0.15, 0.2) is 0 Å². The van der Waals surface area contributed by atoms with E-state index in [1.165, 1.54) is 0 Å². The van der Waals surface area contributed by atoms with Gasteiger partial charge in [-0.2, -0.15) is 11.8 Å². The third-order valence-electron chi connectivity index (χ3n) is 2.30. The van der Waals surface area contributed by atoms with Gasteiger partial charge < -0.3 is 10.6 Å². The molecule has 1 aliphatic heterocycles. The number of hydrogen-bond donors (Lipinski definition) is 1. The summed E-state index contributed by atoms with van der Waals surface area (Å²) in [6.45, 7) is 5.66. The predicted molar refractivity (Wildman–Crippen MR) is 64.0 cm³/mol. The first-order chi connectivity index (χ1) is 6.15. The fraction of sp³-hybridized carbons (Fsp3) is 0.889. The van der Waals surface area contributed by atoms with Gasteiger partial charge in [0.25, 0.3) is 0 Å². The molecule has 0 aliphatic carbocycles. The Morgan fingerprint density at radius 1 is 1.71 bits per heavy atom. The van der Waals surface area contributed by atoms with Gasteiger partial charge in [-0.15, -0.1) is 12.4 Å². The summed E-state index contributed by atoms with van der Waals surface area (Å²) in [5, 5.41) is 0.608. The van der Waals surface area contributed by atoms with Gasteiger partial charge in [-0.3, -0.25) is 4.79 Å². The predicted octanol–water partition coefficient (Wildman–Crippen LogP) is 1.11. The van der Waals surface area contributed by atoms with Gasteiger partial charge in [0.15, 0.2) is 0 Å². The third kappa shape index (κ3) is 3.67. The van der Waals surface area contributed by atoms with E-state index in [2.05, 4.69) is 6.92 Å². The second-order valence-electron chi connectivity index (χ2n) is 3.47. The van der Waals surface area contributed by atoms with Crippen molar-refractivity contribution in [3.05, 3.63) is 0 Å². The van der Waals surface area contributed by atoms with Crippen molar-refractivity contribution in [2.75, 3.05) is 18.8 Å². The van der Waals surface area contributed by atoms with E-state index in [0.29, 0.717) is 5.25 Å². The fourth-order valence-corrected chi connectivity index (χ4v) is 2.63. The molecule has 5 heteroatoms. The van der Waals surface area contributed by atoms with Crippen molar-refractivity contribution in [3.63, 3.8) is 0 Å². The van der Waals surface area contributed by atoms with Crippen LogP contribution in [-0.2, 0) is 4.79 Å². The van der Waals surface area contributed by atoms with Crippen molar-refractivity contribution in [3.8, 4) is 0 Å². The highest BCUT2D eigenvalue weighted by Gasteiger charge is 2.24. The molecule has 1 unspecified atom stereocenters. The smallest absolute Gasteiger partial charge is 0.239 e. The SMILES string of the molecule is CCC1CN(C(=O)[C@H](C)N)CCS1.Cl. The van der Waals surface area contributed by atoms with Gasteiger partial charge in [0, 0.05) is 24.1 Å². The average molecular weight is 239 g/mol. The molecule has 1 heterocycles. The van der Waals surface area contributed by atoms with E-state index in [1.807, 2.05) is 16.7 Å².